The molecule has 0 amide bonds. The van der Waals surface area contributed by atoms with Crippen LogP contribution in [0.2, 0.25) is 0 Å². The number of nitrogen functional groups attached to an aromatic ring is 1. The fourth-order valence-corrected chi connectivity index (χ4v) is 2.53. The largest absolute Gasteiger partial charge is 0.387 e. The van der Waals surface area contributed by atoms with Gasteiger partial charge in [-0.15, -0.1) is 0 Å². The van der Waals surface area contributed by atoms with Crippen molar-refractivity contribution in [3.63, 3.8) is 0 Å². The normalized spacial score (nSPS) is 16.1. The van der Waals surface area contributed by atoms with Gasteiger partial charge in [-0.1, -0.05) is 20.8 Å². The van der Waals surface area contributed by atoms with Crippen LogP contribution < -0.4 is 11.4 Å². The SMILES string of the molecule is Cc1c(N)nc(=O)n(C(C)(C)[C@](C)(O)C(C)(C)C)c1C. The lowest BCUT2D eigenvalue weighted by Gasteiger charge is -2.50. The first-order valence-corrected chi connectivity index (χ1v) is 6.83. The first-order valence-electron chi connectivity index (χ1n) is 6.83. The van der Waals surface area contributed by atoms with Crippen molar-refractivity contribution in [3.8, 4) is 0 Å². The number of hydrogen-bond donors (Lipinski definition) is 2. The minimum atomic E-state index is -1.11. The van der Waals surface area contributed by atoms with Gasteiger partial charge >= 0.3 is 5.69 Å². The van der Waals surface area contributed by atoms with Crippen molar-refractivity contribution in [3.05, 3.63) is 21.7 Å². The molecule has 114 valence electrons. The molecule has 5 nitrogen and oxygen atoms in total. The van der Waals surface area contributed by atoms with E-state index in [1.165, 1.54) is 0 Å². The van der Waals surface area contributed by atoms with Crippen molar-refractivity contribution < 1.29 is 5.11 Å². The Morgan fingerprint density at radius 2 is 1.55 bits per heavy atom. The van der Waals surface area contributed by atoms with Gasteiger partial charge in [0.1, 0.15) is 5.82 Å². The van der Waals surface area contributed by atoms with Crippen LogP contribution in [0.3, 0.4) is 0 Å². The molecule has 1 atom stereocenters. The molecule has 5 heteroatoms. The average Bonchev–Trinajstić information content (AvgIpc) is 2.23. The molecule has 0 spiro atoms. The van der Waals surface area contributed by atoms with Crippen LogP contribution in [0.1, 0.15) is 52.8 Å². The van der Waals surface area contributed by atoms with Gasteiger partial charge in [0.05, 0.1) is 11.1 Å². The summed E-state index contributed by atoms with van der Waals surface area (Å²) in [5, 5.41) is 11.0. The van der Waals surface area contributed by atoms with Gasteiger partial charge in [-0.05, 0) is 40.0 Å². The second kappa shape index (κ2) is 4.58. The summed E-state index contributed by atoms with van der Waals surface area (Å²) < 4.78 is 1.55. The van der Waals surface area contributed by atoms with E-state index in [-0.39, 0.29) is 5.82 Å². The Hall–Kier alpha value is -1.36. The van der Waals surface area contributed by atoms with Gasteiger partial charge in [0.15, 0.2) is 0 Å². The van der Waals surface area contributed by atoms with Crippen LogP contribution in [0.15, 0.2) is 4.79 Å². The molecule has 1 rings (SSSR count). The van der Waals surface area contributed by atoms with Crippen molar-refractivity contribution >= 4 is 5.82 Å². The number of rotatable bonds is 2. The molecule has 1 aromatic rings. The van der Waals surface area contributed by atoms with Crippen LogP contribution in [0.4, 0.5) is 5.82 Å². The highest BCUT2D eigenvalue weighted by Gasteiger charge is 2.50. The molecule has 0 unspecified atom stereocenters. The predicted octanol–water partition coefficient (Wildman–Crippen LogP) is 1.97. The van der Waals surface area contributed by atoms with E-state index in [9.17, 15) is 9.90 Å². The van der Waals surface area contributed by atoms with Gasteiger partial charge < -0.3 is 10.8 Å². The third-order valence-electron chi connectivity index (χ3n) is 4.88. The standard InChI is InChI=1S/C15H27N3O2/c1-9-10(2)18(12(19)17-11(9)16)14(6,7)15(8,20)13(3,4)5/h20H,1-8H3,(H2,16,17,19)/t15-/m1/s1. The fourth-order valence-electron chi connectivity index (χ4n) is 2.53. The molecule has 3 N–H and O–H groups in total. The van der Waals surface area contributed by atoms with Crippen molar-refractivity contribution in [2.75, 3.05) is 5.73 Å². The summed E-state index contributed by atoms with van der Waals surface area (Å²) in [6.45, 7) is 15.0. The summed E-state index contributed by atoms with van der Waals surface area (Å²) >= 11 is 0. The van der Waals surface area contributed by atoms with Gasteiger partial charge in [0, 0.05) is 11.3 Å². The molecule has 0 aliphatic rings. The Morgan fingerprint density at radius 1 is 1.10 bits per heavy atom. The first kappa shape index (κ1) is 16.7. The molecule has 0 fully saturated rings. The predicted molar refractivity (Wildman–Crippen MR) is 81.8 cm³/mol. The van der Waals surface area contributed by atoms with Crippen LogP contribution in [-0.2, 0) is 5.54 Å². The molecular formula is C15H27N3O2. The molecule has 0 saturated heterocycles. The molecule has 0 aliphatic carbocycles. The van der Waals surface area contributed by atoms with E-state index >= 15 is 0 Å². The van der Waals surface area contributed by atoms with Crippen LogP contribution >= 0.6 is 0 Å². The monoisotopic (exact) mass is 281 g/mol. The minimum Gasteiger partial charge on any atom is -0.387 e. The minimum absolute atomic E-state index is 0.245. The van der Waals surface area contributed by atoms with Crippen molar-refractivity contribution in [1.82, 2.24) is 9.55 Å². The number of hydrogen-bond acceptors (Lipinski definition) is 4. The number of anilines is 1. The van der Waals surface area contributed by atoms with E-state index < -0.39 is 22.2 Å². The summed E-state index contributed by atoms with van der Waals surface area (Å²) in [4.78, 5) is 16.2. The van der Waals surface area contributed by atoms with Crippen LogP contribution in [0.5, 0.6) is 0 Å². The van der Waals surface area contributed by atoms with Gasteiger partial charge in [0.25, 0.3) is 0 Å². The van der Waals surface area contributed by atoms with Gasteiger partial charge in [-0.3, -0.25) is 4.57 Å². The van der Waals surface area contributed by atoms with Crippen molar-refractivity contribution in [2.45, 2.75) is 66.5 Å². The van der Waals surface area contributed by atoms with Crippen molar-refractivity contribution in [1.29, 1.82) is 0 Å². The second-order valence-electron chi connectivity index (χ2n) is 7.21. The van der Waals surface area contributed by atoms with E-state index in [2.05, 4.69) is 4.98 Å². The fraction of sp³-hybridized carbons (Fsp3) is 0.733. The maximum Gasteiger partial charge on any atom is 0.350 e. The first-order chi connectivity index (χ1) is 8.75. The molecule has 20 heavy (non-hydrogen) atoms. The maximum atomic E-state index is 12.3. The summed E-state index contributed by atoms with van der Waals surface area (Å²) in [5.74, 6) is 0.245. The van der Waals surface area contributed by atoms with E-state index in [0.29, 0.717) is 0 Å². The van der Waals surface area contributed by atoms with Crippen LogP contribution in [-0.4, -0.2) is 20.3 Å². The van der Waals surface area contributed by atoms with Gasteiger partial charge in [0.2, 0.25) is 0 Å². The lowest BCUT2D eigenvalue weighted by Crippen LogP contribution is -2.60. The average molecular weight is 281 g/mol. The van der Waals surface area contributed by atoms with Gasteiger partial charge in [-0.2, -0.15) is 4.98 Å². The number of nitrogens with zero attached hydrogens (tertiary/aromatic N) is 2. The molecule has 0 saturated carbocycles. The lowest BCUT2D eigenvalue weighted by atomic mass is 9.67. The Balaban J connectivity index is 3.68. The zero-order chi connectivity index (χ0) is 16.1. The molecule has 0 aromatic carbocycles. The Bertz CT molecular complexity index is 578. The highest BCUT2D eigenvalue weighted by molar-refractivity contribution is 5.40. The highest BCUT2D eigenvalue weighted by Crippen LogP contribution is 2.42. The zero-order valence-corrected chi connectivity index (χ0v) is 13.8. The van der Waals surface area contributed by atoms with E-state index in [4.69, 9.17) is 5.73 Å². The number of nitrogens with two attached hydrogens (primary N) is 1. The molecule has 0 bridgehead atoms. The Morgan fingerprint density at radius 3 is 1.95 bits per heavy atom. The van der Waals surface area contributed by atoms with Crippen molar-refractivity contribution in [2.24, 2.45) is 5.41 Å². The summed E-state index contributed by atoms with van der Waals surface area (Å²) in [6.07, 6.45) is 0. The summed E-state index contributed by atoms with van der Waals surface area (Å²) in [6, 6.07) is 0. The quantitative estimate of drug-likeness (QED) is 0.868. The van der Waals surface area contributed by atoms with E-state index in [1.807, 2.05) is 48.5 Å². The number of aromatic nitrogens is 2. The zero-order valence-electron chi connectivity index (χ0n) is 13.8. The molecule has 1 aromatic heterocycles. The van der Waals surface area contributed by atoms with Crippen LogP contribution in [0.25, 0.3) is 0 Å². The topological polar surface area (TPSA) is 81.1 Å². The van der Waals surface area contributed by atoms with E-state index in [0.717, 1.165) is 11.3 Å². The molecular weight excluding hydrogens is 254 g/mol. The second-order valence-corrected chi connectivity index (χ2v) is 7.21. The highest BCUT2D eigenvalue weighted by atomic mass is 16.3. The third-order valence-corrected chi connectivity index (χ3v) is 4.88. The maximum absolute atomic E-state index is 12.3. The number of aliphatic hydroxyl groups is 1. The smallest absolute Gasteiger partial charge is 0.350 e. The third kappa shape index (κ3) is 2.24. The molecule has 1 heterocycles. The van der Waals surface area contributed by atoms with Crippen LogP contribution in [0, 0.1) is 19.3 Å². The molecule has 0 radical (unpaired) electrons. The summed E-state index contributed by atoms with van der Waals surface area (Å²) in [7, 11) is 0. The molecule has 0 aliphatic heterocycles. The van der Waals surface area contributed by atoms with E-state index in [1.54, 1.807) is 11.5 Å². The van der Waals surface area contributed by atoms with Gasteiger partial charge in [-0.25, -0.2) is 4.79 Å². The lowest BCUT2D eigenvalue weighted by molar-refractivity contribution is -0.123. The Kier molecular flexibility index (Phi) is 3.83. The summed E-state index contributed by atoms with van der Waals surface area (Å²) in [5.41, 5.74) is 4.47. The Labute approximate surface area is 120 Å².